The van der Waals surface area contributed by atoms with Gasteiger partial charge in [-0.1, -0.05) is 11.8 Å². The van der Waals surface area contributed by atoms with Gasteiger partial charge in [0.1, 0.15) is 11.5 Å². The van der Waals surface area contributed by atoms with Gasteiger partial charge in [-0.3, -0.25) is 4.98 Å². The predicted octanol–water partition coefficient (Wildman–Crippen LogP) is 2.13. The molecule has 72 valence electrons. The smallest absolute Gasteiger partial charge is 0.114 e. The van der Waals surface area contributed by atoms with Crippen LogP contribution in [0.1, 0.15) is 4.88 Å². The van der Waals surface area contributed by atoms with Crippen molar-refractivity contribution in [1.29, 1.82) is 5.26 Å². The first-order valence-corrected chi connectivity index (χ1v) is 6.56. The molecule has 0 aliphatic carbocycles. The number of nitriles is 1. The highest BCUT2D eigenvalue weighted by molar-refractivity contribution is 8.25. The Labute approximate surface area is 93.9 Å². The van der Waals surface area contributed by atoms with Gasteiger partial charge < -0.3 is 5.11 Å². The zero-order chi connectivity index (χ0) is 9.97. The zero-order valence-corrected chi connectivity index (χ0v) is 9.46. The summed E-state index contributed by atoms with van der Waals surface area (Å²) in [6, 6.07) is 2.16. The molecule has 0 radical (unpaired) electrons. The quantitative estimate of drug-likeness (QED) is 0.765. The first kappa shape index (κ1) is 10.1. The first-order valence-electron chi connectivity index (χ1n) is 3.82. The summed E-state index contributed by atoms with van der Waals surface area (Å²) >= 11 is 4.33. The molecule has 1 aromatic rings. The Morgan fingerprint density at radius 2 is 2.57 bits per heavy atom. The number of allylic oxidation sites excluding steroid dienone is 1. The van der Waals surface area contributed by atoms with Crippen molar-refractivity contribution in [3.05, 3.63) is 20.8 Å². The minimum atomic E-state index is -0.383. The van der Waals surface area contributed by atoms with E-state index in [0.717, 1.165) is 9.11 Å². The molecule has 0 amide bonds. The summed E-state index contributed by atoms with van der Waals surface area (Å²) in [6.07, 6.45) is 1.68. The van der Waals surface area contributed by atoms with Gasteiger partial charge >= 0.3 is 0 Å². The van der Waals surface area contributed by atoms with Crippen LogP contribution in [0.3, 0.4) is 0 Å². The molecule has 0 spiro atoms. The van der Waals surface area contributed by atoms with Crippen LogP contribution in [0.4, 0.5) is 0 Å². The fourth-order valence-corrected chi connectivity index (χ4v) is 4.16. The molecule has 1 atom stereocenters. The fraction of sp³-hybridized carbons (Fsp3) is 0.250. The van der Waals surface area contributed by atoms with E-state index in [1.165, 1.54) is 34.9 Å². The molecule has 1 saturated heterocycles. The normalized spacial score (nSPS) is 24.7. The topological polar surface area (TPSA) is 56.9 Å². The minimum Gasteiger partial charge on any atom is -0.381 e. The average molecular weight is 242 g/mol. The Morgan fingerprint density at radius 1 is 1.71 bits per heavy atom. The molecule has 1 aliphatic rings. The van der Waals surface area contributed by atoms with E-state index in [-0.39, 0.29) is 5.44 Å². The number of rotatable bonds is 1. The lowest BCUT2D eigenvalue weighted by atomic mass is 10.3. The van der Waals surface area contributed by atoms with Crippen molar-refractivity contribution in [2.24, 2.45) is 0 Å². The fourth-order valence-electron chi connectivity index (χ4n) is 1.01. The third-order valence-corrected chi connectivity index (χ3v) is 5.04. The molecule has 0 bridgehead atoms. The molecule has 1 fully saturated rings. The van der Waals surface area contributed by atoms with Crippen LogP contribution < -0.4 is 0 Å². The van der Waals surface area contributed by atoms with Crippen LogP contribution in [-0.4, -0.2) is 21.3 Å². The molecule has 2 rings (SSSR count). The number of thiazole rings is 1. The molecular weight excluding hydrogens is 236 g/mol. The summed E-state index contributed by atoms with van der Waals surface area (Å²) in [7, 11) is 0. The molecule has 0 saturated carbocycles. The third kappa shape index (κ3) is 1.96. The van der Waals surface area contributed by atoms with Crippen molar-refractivity contribution in [3.63, 3.8) is 0 Å². The van der Waals surface area contributed by atoms with Gasteiger partial charge in [0.2, 0.25) is 0 Å². The lowest BCUT2D eigenvalue weighted by molar-refractivity contribution is 0.290. The Bertz CT molecular complexity index is 393. The van der Waals surface area contributed by atoms with Crippen LogP contribution in [0.5, 0.6) is 0 Å². The summed E-state index contributed by atoms with van der Waals surface area (Å²) in [5.74, 6) is 0.657. The van der Waals surface area contributed by atoms with E-state index >= 15 is 0 Å². The van der Waals surface area contributed by atoms with Crippen molar-refractivity contribution in [1.82, 2.24) is 4.98 Å². The van der Waals surface area contributed by atoms with Gasteiger partial charge in [0.05, 0.1) is 20.2 Å². The second kappa shape index (κ2) is 4.36. The van der Waals surface area contributed by atoms with E-state index in [1.807, 2.05) is 0 Å². The Morgan fingerprint density at radius 3 is 3.07 bits per heavy atom. The minimum absolute atomic E-state index is 0.383. The highest BCUT2D eigenvalue weighted by Crippen LogP contribution is 2.45. The molecule has 2 heterocycles. The van der Waals surface area contributed by atoms with E-state index in [0.29, 0.717) is 11.3 Å². The molecule has 14 heavy (non-hydrogen) atoms. The maximum Gasteiger partial charge on any atom is 0.114 e. The number of aromatic nitrogens is 1. The van der Waals surface area contributed by atoms with Crippen LogP contribution in [0.2, 0.25) is 0 Å². The molecular formula is C8H6N2OS3. The Hall–Kier alpha value is -0.480. The van der Waals surface area contributed by atoms with E-state index in [2.05, 4.69) is 11.1 Å². The highest BCUT2D eigenvalue weighted by atomic mass is 32.2. The number of aliphatic hydroxyl groups excluding tert-OH is 1. The SMILES string of the molecule is N#C/C(=C1/SCC(O)S1)c1cncs1. The number of thioether (sulfide) groups is 2. The Kier molecular flexibility index (Phi) is 3.13. The maximum atomic E-state index is 9.33. The van der Waals surface area contributed by atoms with Crippen molar-refractivity contribution in [2.75, 3.05) is 5.75 Å². The molecule has 1 aromatic heterocycles. The van der Waals surface area contributed by atoms with Crippen LogP contribution >= 0.6 is 34.9 Å². The van der Waals surface area contributed by atoms with Crippen LogP contribution in [0.15, 0.2) is 15.9 Å². The molecule has 1 N–H and O–H groups in total. The van der Waals surface area contributed by atoms with Crippen LogP contribution in [0, 0.1) is 11.3 Å². The number of nitrogens with zero attached hydrogens (tertiary/aromatic N) is 2. The van der Waals surface area contributed by atoms with Gasteiger partial charge in [0.25, 0.3) is 0 Å². The second-order valence-corrected chi connectivity index (χ2v) is 5.89. The number of hydrogen-bond donors (Lipinski definition) is 1. The number of hydrogen-bond acceptors (Lipinski definition) is 6. The first-order chi connectivity index (χ1) is 6.81. The Balaban J connectivity index is 2.35. The largest absolute Gasteiger partial charge is 0.381 e. The van der Waals surface area contributed by atoms with Gasteiger partial charge in [0, 0.05) is 11.9 Å². The lowest BCUT2D eigenvalue weighted by Gasteiger charge is -1.98. The van der Waals surface area contributed by atoms with Gasteiger partial charge in [0.15, 0.2) is 0 Å². The van der Waals surface area contributed by atoms with E-state index in [1.54, 1.807) is 11.7 Å². The molecule has 6 heteroatoms. The monoisotopic (exact) mass is 242 g/mol. The molecule has 1 unspecified atom stereocenters. The van der Waals surface area contributed by atoms with E-state index in [9.17, 15) is 5.11 Å². The molecule has 3 nitrogen and oxygen atoms in total. The third-order valence-electron chi connectivity index (χ3n) is 1.59. The summed E-state index contributed by atoms with van der Waals surface area (Å²) in [6.45, 7) is 0. The molecule has 1 aliphatic heterocycles. The van der Waals surface area contributed by atoms with Crippen LogP contribution in [-0.2, 0) is 0 Å². The lowest BCUT2D eigenvalue weighted by Crippen LogP contribution is -1.95. The summed E-state index contributed by atoms with van der Waals surface area (Å²) < 4.78 is 0.907. The number of aliphatic hydroxyl groups is 1. The van der Waals surface area contributed by atoms with Crippen molar-refractivity contribution < 1.29 is 5.11 Å². The van der Waals surface area contributed by atoms with Crippen molar-refractivity contribution in [3.8, 4) is 6.07 Å². The van der Waals surface area contributed by atoms with Crippen molar-refractivity contribution in [2.45, 2.75) is 5.44 Å². The van der Waals surface area contributed by atoms with Gasteiger partial charge in [-0.05, 0) is 0 Å². The summed E-state index contributed by atoms with van der Waals surface area (Å²) in [5, 5.41) is 18.3. The highest BCUT2D eigenvalue weighted by Gasteiger charge is 2.23. The van der Waals surface area contributed by atoms with Gasteiger partial charge in [-0.25, -0.2) is 0 Å². The average Bonchev–Trinajstić information content (AvgIpc) is 2.79. The van der Waals surface area contributed by atoms with Gasteiger partial charge in [-0.15, -0.1) is 23.1 Å². The maximum absolute atomic E-state index is 9.33. The standard InChI is InChI=1S/C8H6N2OS3/c9-1-5(6-2-10-4-13-6)8-12-3-7(11)14-8/h2,4,7,11H,3H2/b8-5+. The second-order valence-electron chi connectivity index (χ2n) is 2.52. The van der Waals surface area contributed by atoms with E-state index < -0.39 is 0 Å². The summed E-state index contributed by atoms with van der Waals surface area (Å²) in [4.78, 5) is 4.81. The van der Waals surface area contributed by atoms with E-state index in [4.69, 9.17) is 5.26 Å². The zero-order valence-electron chi connectivity index (χ0n) is 7.01. The molecule has 0 aromatic carbocycles. The predicted molar refractivity (Wildman–Crippen MR) is 60.7 cm³/mol. The summed E-state index contributed by atoms with van der Waals surface area (Å²) in [5.41, 5.74) is 1.96. The van der Waals surface area contributed by atoms with Gasteiger partial charge in [-0.2, -0.15) is 5.26 Å². The van der Waals surface area contributed by atoms with Crippen molar-refractivity contribution >= 4 is 40.4 Å². The van der Waals surface area contributed by atoms with Crippen LogP contribution in [0.25, 0.3) is 5.57 Å².